The highest BCUT2D eigenvalue weighted by Gasteiger charge is 2.40. The second-order valence-electron chi connectivity index (χ2n) is 6.04. The summed E-state index contributed by atoms with van der Waals surface area (Å²) in [4.78, 5) is 13.4. The Morgan fingerprint density at radius 1 is 1.42 bits per heavy atom. The van der Waals surface area contributed by atoms with Crippen molar-refractivity contribution in [3.63, 3.8) is 0 Å². The lowest BCUT2D eigenvalue weighted by Crippen LogP contribution is -3.00. The van der Waals surface area contributed by atoms with Crippen LogP contribution in [0.25, 0.3) is 11.1 Å². The minimum Gasteiger partial charge on any atom is -1.00 e. The molecular weight excluding hydrogens is 382 g/mol. The Hall–Kier alpha value is -0.820. The average molecular weight is 402 g/mol. The number of fused-ring (bicyclic) bond motifs is 3. The molecule has 0 aliphatic carbocycles. The van der Waals surface area contributed by atoms with Crippen molar-refractivity contribution in [3.8, 4) is 16.9 Å². The molecule has 1 aromatic heterocycles. The summed E-state index contributed by atoms with van der Waals surface area (Å²) in [6.07, 6.45) is 1.51. The van der Waals surface area contributed by atoms with Crippen molar-refractivity contribution in [1.82, 2.24) is 0 Å². The third kappa shape index (κ3) is 3.57. The SMILES string of the molecule is CCCC(=O)Sc1[s+]sc2c1-c1cc(OC)ccc1NC2(C)C.[Cl-]. The van der Waals surface area contributed by atoms with Crippen LogP contribution in [0.5, 0.6) is 5.75 Å². The zero-order chi connectivity index (χ0) is 16.6. The second kappa shape index (κ2) is 7.60. The van der Waals surface area contributed by atoms with Crippen LogP contribution in [0.4, 0.5) is 5.69 Å². The first-order chi connectivity index (χ1) is 11.0. The van der Waals surface area contributed by atoms with Crippen LogP contribution in [0.1, 0.15) is 38.5 Å². The molecule has 1 N–H and O–H groups in total. The highest BCUT2D eigenvalue weighted by atomic mass is 35.5. The van der Waals surface area contributed by atoms with Gasteiger partial charge in [0.1, 0.15) is 10.6 Å². The highest BCUT2D eigenvalue weighted by Crippen LogP contribution is 2.53. The van der Waals surface area contributed by atoms with E-state index in [4.69, 9.17) is 4.74 Å². The molecule has 1 aliphatic rings. The Balaban J connectivity index is 0.00000208. The third-order valence-electron chi connectivity index (χ3n) is 3.80. The minimum absolute atomic E-state index is 0. The summed E-state index contributed by atoms with van der Waals surface area (Å²) in [5, 5.41) is 3.84. The van der Waals surface area contributed by atoms with Crippen molar-refractivity contribution in [1.29, 1.82) is 0 Å². The van der Waals surface area contributed by atoms with E-state index in [2.05, 4.69) is 31.3 Å². The maximum atomic E-state index is 12.1. The van der Waals surface area contributed by atoms with Crippen molar-refractivity contribution in [2.45, 2.75) is 43.4 Å². The van der Waals surface area contributed by atoms with Gasteiger partial charge in [-0.15, -0.1) is 0 Å². The van der Waals surface area contributed by atoms with Gasteiger partial charge in [0.25, 0.3) is 4.21 Å². The fourth-order valence-corrected chi connectivity index (χ4v) is 7.29. The number of methoxy groups -OCH3 is 1. The van der Waals surface area contributed by atoms with Gasteiger partial charge >= 0.3 is 10.3 Å². The van der Waals surface area contributed by atoms with Crippen LogP contribution in [-0.2, 0) is 10.3 Å². The lowest BCUT2D eigenvalue weighted by molar-refractivity contribution is -0.111. The van der Waals surface area contributed by atoms with E-state index < -0.39 is 0 Å². The van der Waals surface area contributed by atoms with E-state index in [1.807, 2.05) is 13.0 Å². The highest BCUT2D eigenvalue weighted by molar-refractivity contribution is 8.16. The summed E-state index contributed by atoms with van der Waals surface area (Å²) < 4.78 is 6.49. The molecule has 24 heavy (non-hydrogen) atoms. The molecule has 0 saturated heterocycles. The van der Waals surface area contributed by atoms with Crippen LogP contribution >= 0.6 is 32.4 Å². The Kier molecular flexibility index (Phi) is 6.18. The van der Waals surface area contributed by atoms with E-state index in [1.54, 1.807) is 27.8 Å². The second-order valence-corrected chi connectivity index (χ2v) is 9.52. The van der Waals surface area contributed by atoms with Crippen LogP contribution < -0.4 is 22.5 Å². The predicted octanol–water partition coefficient (Wildman–Crippen LogP) is 2.85. The number of anilines is 1. The summed E-state index contributed by atoms with van der Waals surface area (Å²) in [6.45, 7) is 6.41. The Morgan fingerprint density at radius 2 is 2.17 bits per heavy atom. The maximum absolute atomic E-state index is 12.1. The predicted molar refractivity (Wildman–Crippen MR) is 101 cm³/mol. The molecule has 3 rings (SSSR count). The third-order valence-corrected chi connectivity index (χ3v) is 8.01. The fraction of sp³-hybridized carbons (Fsp3) is 0.412. The molecule has 1 aliphatic heterocycles. The number of carbonyl (C=O) groups is 1. The number of benzene rings is 1. The topological polar surface area (TPSA) is 38.3 Å². The zero-order valence-electron chi connectivity index (χ0n) is 14.1. The number of rotatable bonds is 4. The van der Waals surface area contributed by atoms with Gasteiger partial charge in [-0.3, -0.25) is 4.79 Å². The van der Waals surface area contributed by atoms with Crippen molar-refractivity contribution in [2.75, 3.05) is 12.4 Å². The largest absolute Gasteiger partial charge is 1.00 e. The van der Waals surface area contributed by atoms with Crippen LogP contribution in [0.2, 0.25) is 0 Å². The van der Waals surface area contributed by atoms with E-state index in [-0.39, 0.29) is 23.1 Å². The Labute approximate surface area is 160 Å². The molecule has 7 heteroatoms. The summed E-state index contributed by atoms with van der Waals surface area (Å²) in [6, 6.07) is 6.09. The summed E-state index contributed by atoms with van der Waals surface area (Å²) >= 11 is 1.39. The van der Waals surface area contributed by atoms with Crippen LogP contribution in [0, 0.1) is 0 Å². The lowest BCUT2D eigenvalue weighted by Gasteiger charge is -2.32. The average Bonchev–Trinajstić information content (AvgIpc) is 2.92. The van der Waals surface area contributed by atoms with Crippen LogP contribution in [0.15, 0.2) is 22.4 Å². The number of nitrogens with one attached hydrogen (secondary N) is 1. The molecule has 0 amide bonds. The summed E-state index contributed by atoms with van der Waals surface area (Å²) in [5.41, 5.74) is 3.29. The van der Waals surface area contributed by atoms with Gasteiger partial charge < -0.3 is 22.5 Å². The monoisotopic (exact) mass is 401 g/mol. The standard InChI is InChI=1S/C17H20NO2S3.ClH/c1-5-6-13(19)21-16-14-11-9-10(20-4)7-8-12(11)18-17(2,3)15(14)22-23-16;/h7-9,18H,5-6H2,1-4H3;1H/q+1;/p-1. The molecule has 2 aromatic rings. The van der Waals surface area contributed by atoms with Gasteiger partial charge in [0.2, 0.25) is 0 Å². The van der Waals surface area contributed by atoms with E-state index in [0.717, 1.165) is 27.6 Å². The molecular formula is C17H20ClNO2S3. The smallest absolute Gasteiger partial charge is 0.309 e. The Bertz CT molecular complexity index is 758. The number of hydrogen-bond acceptors (Lipinski definition) is 5. The zero-order valence-corrected chi connectivity index (χ0v) is 17.3. The van der Waals surface area contributed by atoms with E-state index in [9.17, 15) is 4.79 Å². The quantitative estimate of drug-likeness (QED) is 0.485. The van der Waals surface area contributed by atoms with Crippen molar-refractivity contribution in [3.05, 3.63) is 23.1 Å². The lowest BCUT2D eigenvalue weighted by atomic mass is 9.90. The normalized spacial score (nSPS) is 14.0. The Morgan fingerprint density at radius 3 is 2.83 bits per heavy atom. The fourth-order valence-electron chi connectivity index (χ4n) is 2.69. The van der Waals surface area contributed by atoms with Crippen LogP contribution in [0.3, 0.4) is 0 Å². The van der Waals surface area contributed by atoms with Gasteiger partial charge in [-0.05, 0) is 38.5 Å². The van der Waals surface area contributed by atoms with Gasteiger partial charge in [0, 0.05) is 29.4 Å². The summed E-state index contributed by atoms with van der Waals surface area (Å²) in [7, 11) is 5.14. The van der Waals surface area contributed by atoms with Crippen molar-refractivity contribution in [2.24, 2.45) is 0 Å². The number of ether oxygens (including phenoxy) is 1. The molecule has 0 bridgehead atoms. The van der Waals surface area contributed by atoms with Crippen molar-refractivity contribution >= 4 is 43.2 Å². The molecule has 0 radical (unpaired) electrons. The number of carbonyl (C=O) groups excluding carboxylic acids is 1. The minimum atomic E-state index is -0.134. The van der Waals surface area contributed by atoms with Gasteiger partial charge in [0.15, 0.2) is 15.5 Å². The molecule has 0 unspecified atom stereocenters. The number of thioether (sulfide) groups is 1. The van der Waals surface area contributed by atoms with Crippen LogP contribution in [-0.4, -0.2) is 12.2 Å². The molecule has 130 valence electrons. The molecule has 0 atom stereocenters. The van der Waals surface area contributed by atoms with E-state index in [1.165, 1.54) is 22.2 Å². The van der Waals surface area contributed by atoms with Crippen molar-refractivity contribution < 1.29 is 21.9 Å². The molecule has 2 heterocycles. The number of hydrogen-bond donors (Lipinski definition) is 1. The first-order valence-corrected chi connectivity index (χ1v) is 10.6. The van der Waals surface area contributed by atoms with Gasteiger partial charge in [-0.25, -0.2) is 0 Å². The van der Waals surface area contributed by atoms with E-state index >= 15 is 0 Å². The van der Waals surface area contributed by atoms with Gasteiger partial charge in [0.05, 0.1) is 18.2 Å². The summed E-state index contributed by atoms with van der Waals surface area (Å²) in [5.74, 6) is 0.836. The van der Waals surface area contributed by atoms with E-state index in [0.29, 0.717) is 6.42 Å². The first kappa shape index (κ1) is 19.5. The molecule has 3 nitrogen and oxygen atoms in total. The van der Waals surface area contributed by atoms with Gasteiger partial charge in [-0.1, -0.05) is 6.92 Å². The molecule has 1 aromatic carbocycles. The molecule has 0 spiro atoms. The first-order valence-electron chi connectivity index (χ1n) is 7.60. The molecule has 0 fully saturated rings. The molecule has 0 saturated carbocycles. The van der Waals surface area contributed by atoms with Gasteiger partial charge in [-0.2, -0.15) is 0 Å². The number of halogens is 1. The maximum Gasteiger partial charge on any atom is 0.309 e.